The van der Waals surface area contributed by atoms with Crippen molar-refractivity contribution in [2.45, 2.75) is 60.3 Å². The summed E-state index contributed by atoms with van der Waals surface area (Å²) in [7, 11) is 0. The minimum Gasteiger partial charge on any atom is -0.481 e. The van der Waals surface area contributed by atoms with Gasteiger partial charge in [0.25, 0.3) is 0 Å². The van der Waals surface area contributed by atoms with Crippen LogP contribution >= 0.6 is 0 Å². The summed E-state index contributed by atoms with van der Waals surface area (Å²) in [5, 5.41) is 9.01. The molecule has 0 radical (unpaired) electrons. The Bertz CT molecular complexity index is 437. The van der Waals surface area contributed by atoms with Crippen molar-refractivity contribution >= 4 is 5.97 Å². The first-order chi connectivity index (χ1) is 8.76. The third kappa shape index (κ3) is 4.62. The summed E-state index contributed by atoms with van der Waals surface area (Å²) in [5.41, 5.74) is 2.70. The number of hydrogen-bond acceptors (Lipinski definition) is 3. The van der Waals surface area contributed by atoms with Gasteiger partial charge in [-0.2, -0.15) is 0 Å². The maximum atomic E-state index is 11.0. The highest BCUT2D eigenvalue weighted by molar-refractivity contribution is 5.71. The van der Waals surface area contributed by atoms with Gasteiger partial charge in [-0.1, -0.05) is 34.6 Å². The Morgan fingerprint density at radius 2 is 1.58 bits per heavy atom. The van der Waals surface area contributed by atoms with Crippen molar-refractivity contribution in [3.63, 3.8) is 0 Å². The molecular formula is C15H24N2O2. The average molecular weight is 264 g/mol. The third-order valence-electron chi connectivity index (χ3n) is 2.91. The quantitative estimate of drug-likeness (QED) is 0.888. The van der Waals surface area contributed by atoms with Crippen molar-refractivity contribution in [1.29, 1.82) is 0 Å². The van der Waals surface area contributed by atoms with E-state index in [0.717, 1.165) is 42.0 Å². The largest absolute Gasteiger partial charge is 0.481 e. The van der Waals surface area contributed by atoms with Crippen LogP contribution in [0.25, 0.3) is 0 Å². The molecule has 1 aromatic heterocycles. The van der Waals surface area contributed by atoms with Gasteiger partial charge < -0.3 is 5.11 Å². The van der Waals surface area contributed by atoms with Crippen LogP contribution in [0.2, 0.25) is 0 Å². The minimum absolute atomic E-state index is 0.0160. The fraction of sp³-hybridized carbons (Fsp3) is 0.667. The summed E-state index contributed by atoms with van der Waals surface area (Å²) in [5.74, 6) is 0.00640. The summed E-state index contributed by atoms with van der Waals surface area (Å²) in [6.07, 6.45) is 2.31. The molecule has 0 atom stereocenters. The van der Waals surface area contributed by atoms with Gasteiger partial charge in [0, 0.05) is 23.4 Å². The van der Waals surface area contributed by atoms with E-state index in [1.54, 1.807) is 0 Å². The fourth-order valence-electron chi connectivity index (χ4n) is 2.13. The van der Waals surface area contributed by atoms with Crippen molar-refractivity contribution in [3.05, 3.63) is 22.8 Å². The maximum Gasteiger partial charge on any atom is 0.307 e. The number of aromatic nitrogens is 2. The van der Waals surface area contributed by atoms with Gasteiger partial charge in [-0.05, 0) is 18.3 Å². The lowest BCUT2D eigenvalue weighted by atomic mass is 9.91. The molecule has 0 fully saturated rings. The molecule has 0 saturated heterocycles. The van der Waals surface area contributed by atoms with Gasteiger partial charge in [0.1, 0.15) is 5.82 Å². The minimum atomic E-state index is -0.823. The highest BCUT2D eigenvalue weighted by atomic mass is 16.4. The molecule has 1 heterocycles. The SMILES string of the molecule is CCc1nc(CC(C)(C)C)nc(CC)c1CC(=O)O. The summed E-state index contributed by atoms with van der Waals surface area (Å²) in [4.78, 5) is 20.1. The topological polar surface area (TPSA) is 63.1 Å². The third-order valence-corrected chi connectivity index (χ3v) is 2.91. The van der Waals surface area contributed by atoms with E-state index in [4.69, 9.17) is 5.11 Å². The van der Waals surface area contributed by atoms with Gasteiger partial charge in [-0.3, -0.25) is 4.79 Å². The van der Waals surface area contributed by atoms with E-state index in [9.17, 15) is 4.79 Å². The maximum absolute atomic E-state index is 11.0. The van der Waals surface area contributed by atoms with Gasteiger partial charge in [0.2, 0.25) is 0 Å². The Balaban J connectivity index is 3.23. The second-order valence-corrected chi connectivity index (χ2v) is 6.03. The zero-order valence-corrected chi connectivity index (χ0v) is 12.6. The molecule has 0 amide bonds. The fourth-order valence-corrected chi connectivity index (χ4v) is 2.13. The highest BCUT2D eigenvalue weighted by Crippen LogP contribution is 2.21. The van der Waals surface area contributed by atoms with Crippen molar-refractivity contribution < 1.29 is 9.90 Å². The predicted molar refractivity (Wildman–Crippen MR) is 75.3 cm³/mol. The number of hydrogen-bond donors (Lipinski definition) is 1. The molecule has 0 aliphatic carbocycles. The monoisotopic (exact) mass is 264 g/mol. The van der Waals surface area contributed by atoms with E-state index in [1.165, 1.54) is 0 Å². The summed E-state index contributed by atoms with van der Waals surface area (Å²) < 4.78 is 0. The van der Waals surface area contributed by atoms with Gasteiger partial charge in [-0.25, -0.2) is 9.97 Å². The van der Waals surface area contributed by atoms with Crippen LogP contribution in [0.4, 0.5) is 0 Å². The van der Waals surface area contributed by atoms with Crippen molar-refractivity contribution in [2.24, 2.45) is 5.41 Å². The Morgan fingerprint density at radius 1 is 1.11 bits per heavy atom. The Kier molecular flexibility index (Phi) is 5.04. The first-order valence-electron chi connectivity index (χ1n) is 6.86. The lowest BCUT2D eigenvalue weighted by molar-refractivity contribution is -0.136. The van der Waals surface area contributed by atoms with Crippen molar-refractivity contribution in [1.82, 2.24) is 9.97 Å². The highest BCUT2D eigenvalue weighted by Gasteiger charge is 2.18. The molecule has 4 nitrogen and oxygen atoms in total. The van der Waals surface area contributed by atoms with Gasteiger partial charge in [-0.15, -0.1) is 0 Å². The number of carboxylic acid groups (broad SMARTS) is 1. The number of carbonyl (C=O) groups is 1. The predicted octanol–water partition coefficient (Wildman–Crippen LogP) is 2.82. The second-order valence-electron chi connectivity index (χ2n) is 6.03. The molecule has 106 valence electrons. The molecule has 0 saturated carbocycles. The Hall–Kier alpha value is -1.45. The second kappa shape index (κ2) is 6.13. The van der Waals surface area contributed by atoms with Gasteiger partial charge in [0.05, 0.1) is 6.42 Å². The summed E-state index contributed by atoms with van der Waals surface area (Å²) in [6, 6.07) is 0. The van der Waals surface area contributed by atoms with Crippen LogP contribution < -0.4 is 0 Å². The smallest absolute Gasteiger partial charge is 0.307 e. The van der Waals surface area contributed by atoms with Crippen LogP contribution in [-0.2, 0) is 30.5 Å². The lowest BCUT2D eigenvalue weighted by Crippen LogP contribution is -2.17. The molecule has 0 bridgehead atoms. The van der Waals surface area contributed by atoms with E-state index < -0.39 is 5.97 Å². The molecule has 1 rings (SSSR count). The number of rotatable bonds is 5. The van der Waals surface area contributed by atoms with Gasteiger partial charge >= 0.3 is 5.97 Å². The van der Waals surface area contributed by atoms with Crippen molar-refractivity contribution in [3.8, 4) is 0 Å². The van der Waals surface area contributed by atoms with E-state index >= 15 is 0 Å². The van der Waals surface area contributed by atoms with Crippen LogP contribution in [0.5, 0.6) is 0 Å². The van der Waals surface area contributed by atoms with Crippen LogP contribution in [0.3, 0.4) is 0 Å². The number of aliphatic carboxylic acids is 1. The number of aryl methyl sites for hydroxylation is 2. The summed E-state index contributed by atoms with van der Waals surface area (Å²) >= 11 is 0. The molecule has 19 heavy (non-hydrogen) atoms. The first kappa shape index (κ1) is 15.6. The zero-order valence-electron chi connectivity index (χ0n) is 12.6. The van der Waals surface area contributed by atoms with Crippen LogP contribution in [0.15, 0.2) is 0 Å². The first-order valence-corrected chi connectivity index (χ1v) is 6.86. The molecule has 1 N–H and O–H groups in total. The Labute approximate surface area is 115 Å². The van der Waals surface area contributed by atoms with Crippen molar-refractivity contribution in [2.75, 3.05) is 0 Å². The summed E-state index contributed by atoms with van der Waals surface area (Å²) in [6.45, 7) is 10.5. The lowest BCUT2D eigenvalue weighted by Gasteiger charge is -2.19. The van der Waals surface area contributed by atoms with E-state index in [2.05, 4.69) is 30.7 Å². The van der Waals surface area contributed by atoms with E-state index in [-0.39, 0.29) is 11.8 Å². The number of nitrogens with zero attached hydrogens (tertiary/aromatic N) is 2. The molecule has 0 spiro atoms. The molecule has 4 heteroatoms. The molecule has 0 aliphatic heterocycles. The van der Waals surface area contributed by atoms with E-state index in [1.807, 2.05) is 13.8 Å². The number of carboxylic acids is 1. The standard InChI is InChI=1S/C15H24N2O2/c1-6-11-10(8-14(18)19)12(7-2)17-13(16-11)9-15(3,4)5/h6-9H2,1-5H3,(H,18,19). The average Bonchev–Trinajstić information content (AvgIpc) is 2.27. The normalized spacial score (nSPS) is 11.6. The zero-order chi connectivity index (χ0) is 14.6. The molecule has 1 aromatic rings. The Morgan fingerprint density at radius 3 is 1.89 bits per heavy atom. The van der Waals surface area contributed by atoms with E-state index in [0.29, 0.717) is 0 Å². The molecular weight excluding hydrogens is 240 g/mol. The van der Waals surface area contributed by atoms with Gasteiger partial charge in [0.15, 0.2) is 0 Å². The van der Waals surface area contributed by atoms with Crippen LogP contribution in [0, 0.1) is 5.41 Å². The van der Waals surface area contributed by atoms with Crippen LogP contribution in [0.1, 0.15) is 57.4 Å². The molecule has 0 unspecified atom stereocenters. The van der Waals surface area contributed by atoms with Crippen LogP contribution in [-0.4, -0.2) is 21.0 Å². The molecule has 0 aromatic carbocycles. The molecule has 0 aliphatic rings.